The van der Waals surface area contributed by atoms with E-state index < -0.39 is 0 Å². The third kappa shape index (κ3) is 3.09. The predicted molar refractivity (Wildman–Crippen MR) is 48.1 cm³/mol. The van der Waals surface area contributed by atoms with Crippen molar-refractivity contribution in [3.8, 4) is 0 Å². The van der Waals surface area contributed by atoms with Crippen molar-refractivity contribution in [2.75, 3.05) is 26.3 Å². The topological polar surface area (TPSA) is 25.0 Å². The van der Waals surface area contributed by atoms with Crippen molar-refractivity contribution in [3.05, 3.63) is 0 Å². The summed E-state index contributed by atoms with van der Waals surface area (Å²) in [7, 11) is 0. The van der Waals surface area contributed by atoms with E-state index in [0.717, 1.165) is 26.3 Å². The van der Waals surface area contributed by atoms with Crippen LogP contribution in [0.1, 0.15) is 20.8 Å². The maximum Gasteiger partial charge on any atom is 0.107 e. The van der Waals surface area contributed by atoms with E-state index in [4.69, 9.17) is 9.47 Å². The van der Waals surface area contributed by atoms with Crippen molar-refractivity contribution < 1.29 is 9.47 Å². The first kappa shape index (κ1) is 9.96. The zero-order valence-corrected chi connectivity index (χ0v) is 8.25. The molecule has 0 saturated carbocycles. The van der Waals surface area contributed by atoms with E-state index in [1.54, 1.807) is 0 Å². The summed E-state index contributed by atoms with van der Waals surface area (Å²) in [5, 5.41) is 0. The molecule has 1 fully saturated rings. The third-order valence-electron chi connectivity index (χ3n) is 2.25. The largest absolute Gasteiger partial charge is 0.371 e. The van der Waals surface area contributed by atoms with Crippen LogP contribution in [0.2, 0.25) is 0 Å². The fraction of sp³-hybridized carbons (Fsp3) is 1.00. The lowest BCUT2D eigenvalue weighted by Gasteiger charge is -2.25. The number of rotatable bonds is 6. The molecular weight excluding hydrogens is 154 g/mol. The molecule has 1 rings (SSSR count). The highest BCUT2D eigenvalue weighted by atomic mass is 16.6. The summed E-state index contributed by atoms with van der Waals surface area (Å²) in [5.41, 5.74) is 0. The van der Waals surface area contributed by atoms with Gasteiger partial charge in [-0.25, -0.2) is 0 Å². The van der Waals surface area contributed by atoms with Crippen molar-refractivity contribution >= 4 is 0 Å². The SMILES string of the molecule is CCN(CC)C(C)OCC1CO1. The lowest BCUT2D eigenvalue weighted by atomic mass is 10.4. The zero-order valence-electron chi connectivity index (χ0n) is 8.25. The van der Waals surface area contributed by atoms with Crippen LogP contribution in [0.5, 0.6) is 0 Å². The normalized spacial score (nSPS) is 24.5. The molecule has 0 N–H and O–H groups in total. The summed E-state index contributed by atoms with van der Waals surface area (Å²) in [6.07, 6.45) is 0.604. The maximum atomic E-state index is 5.61. The molecule has 0 radical (unpaired) electrons. The average Bonchev–Trinajstić information content (AvgIpc) is 2.86. The first-order chi connectivity index (χ1) is 5.77. The van der Waals surface area contributed by atoms with Crippen molar-refractivity contribution in [3.63, 3.8) is 0 Å². The lowest BCUT2D eigenvalue weighted by Crippen LogP contribution is -2.35. The molecule has 1 heterocycles. The highest BCUT2D eigenvalue weighted by Crippen LogP contribution is 2.11. The van der Waals surface area contributed by atoms with Gasteiger partial charge < -0.3 is 9.47 Å². The molecule has 12 heavy (non-hydrogen) atoms. The van der Waals surface area contributed by atoms with E-state index in [1.165, 1.54) is 0 Å². The van der Waals surface area contributed by atoms with E-state index in [1.807, 2.05) is 0 Å². The summed E-state index contributed by atoms with van der Waals surface area (Å²) in [4.78, 5) is 2.28. The van der Waals surface area contributed by atoms with E-state index in [-0.39, 0.29) is 6.23 Å². The molecule has 0 aromatic rings. The Kier molecular flexibility index (Phi) is 3.98. The molecule has 2 unspecified atom stereocenters. The lowest BCUT2D eigenvalue weighted by molar-refractivity contribution is -0.0475. The molecule has 0 spiro atoms. The molecule has 3 heteroatoms. The summed E-state index contributed by atoms with van der Waals surface area (Å²) in [6.45, 7) is 10.1. The Balaban J connectivity index is 2.10. The number of epoxide rings is 1. The van der Waals surface area contributed by atoms with Gasteiger partial charge in [0.25, 0.3) is 0 Å². The molecule has 1 saturated heterocycles. The van der Waals surface area contributed by atoms with Crippen molar-refractivity contribution in [2.24, 2.45) is 0 Å². The van der Waals surface area contributed by atoms with Crippen molar-refractivity contribution in [1.82, 2.24) is 4.90 Å². The summed E-state index contributed by atoms with van der Waals surface area (Å²) >= 11 is 0. The average molecular weight is 173 g/mol. The Bertz CT molecular complexity index is 122. The van der Waals surface area contributed by atoms with Crippen LogP contribution in [0.3, 0.4) is 0 Å². The summed E-state index contributed by atoms with van der Waals surface area (Å²) < 4.78 is 10.7. The van der Waals surface area contributed by atoms with E-state index in [9.17, 15) is 0 Å². The van der Waals surface area contributed by atoms with Crippen LogP contribution >= 0.6 is 0 Å². The first-order valence-electron chi connectivity index (χ1n) is 4.75. The second kappa shape index (κ2) is 4.80. The standard InChI is InChI=1S/C9H19NO2/c1-4-10(5-2)8(3)11-6-9-7-12-9/h8-9H,4-7H2,1-3H3. The smallest absolute Gasteiger partial charge is 0.107 e. The van der Waals surface area contributed by atoms with Crippen molar-refractivity contribution in [2.45, 2.75) is 33.1 Å². The van der Waals surface area contributed by atoms with Gasteiger partial charge in [-0.3, -0.25) is 4.90 Å². The predicted octanol–water partition coefficient (Wildman–Crippen LogP) is 1.09. The minimum absolute atomic E-state index is 0.226. The second-order valence-corrected chi connectivity index (χ2v) is 3.11. The summed E-state index contributed by atoms with van der Waals surface area (Å²) in [6, 6.07) is 0. The number of hydrogen-bond acceptors (Lipinski definition) is 3. The van der Waals surface area contributed by atoms with Crippen LogP contribution in [0, 0.1) is 0 Å². The van der Waals surface area contributed by atoms with Gasteiger partial charge in [0.05, 0.1) is 13.2 Å². The molecule has 2 atom stereocenters. The van der Waals surface area contributed by atoms with Gasteiger partial charge in [-0.1, -0.05) is 13.8 Å². The fourth-order valence-corrected chi connectivity index (χ4v) is 1.25. The second-order valence-electron chi connectivity index (χ2n) is 3.11. The maximum absolute atomic E-state index is 5.61. The van der Waals surface area contributed by atoms with Crippen LogP contribution in [-0.2, 0) is 9.47 Å². The van der Waals surface area contributed by atoms with Crippen LogP contribution in [0.15, 0.2) is 0 Å². The highest BCUT2D eigenvalue weighted by Gasteiger charge is 2.24. The fourth-order valence-electron chi connectivity index (χ4n) is 1.25. The number of nitrogens with zero attached hydrogens (tertiary/aromatic N) is 1. The van der Waals surface area contributed by atoms with Gasteiger partial charge in [0.2, 0.25) is 0 Å². The minimum atomic E-state index is 0.226. The van der Waals surface area contributed by atoms with Gasteiger partial charge in [0.1, 0.15) is 12.3 Å². The molecule has 0 amide bonds. The third-order valence-corrected chi connectivity index (χ3v) is 2.25. The quantitative estimate of drug-likeness (QED) is 0.444. The summed E-state index contributed by atoms with van der Waals surface area (Å²) in [5.74, 6) is 0. The van der Waals surface area contributed by atoms with E-state index in [2.05, 4.69) is 25.7 Å². The van der Waals surface area contributed by atoms with Gasteiger partial charge in [0.15, 0.2) is 0 Å². The van der Waals surface area contributed by atoms with Gasteiger partial charge >= 0.3 is 0 Å². The Morgan fingerprint density at radius 2 is 2.08 bits per heavy atom. The number of hydrogen-bond donors (Lipinski definition) is 0. The molecule has 0 aromatic heterocycles. The highest BCUT2D eigenvalue weighted by molar-refractivity contribution is 4.68. The zero-order chi connectivity index (χ0) is 8.97. The van der Waals surface area contributed by atoms with E-state index in [0.29, 0.717) is 6.10 Å². The van der Waals surface area contributed by atoms with Crippen molar-refractivity contribution in [1.29, 1.82) is 0 Å². The molecule has 0 aromatic carbocycles. The van der Waals surface area contributed by atoms with Crippen LogP contribution in [0.25, 0.3) is 0 Å². The molecular formula is C9H19NO2. The Morgan fingerprint density at radius 1 is 1.50 bits per heavy atom. The van der Waals surface area contributed by atoms with Gasteiger partial charge in [-0.15, -0.1) is 0 Å². The van der Waals surface area contributed by atoms with Crippen LogP contribution in [0.4, 0.5) is 0 Å². The van der Waals surface area contributed by atoms with Gasteiger partial charge in [-0.05, 0) is 20.0 Å². The minimum Gasteiger partial charge on any atom is -0.371 e. The first-order valence-corrected chi connectivity index (χ1v) is 4.75. The molecule has 0 aliphatic carbocycles. The van der Waals surface area contributed by atoms with E-state index >= 15 is 0 Å². The van der Waals surface area contributed by atoms with Gasteiger partial charge in [0, 0.05) is 0 Å². The number of ether oxygens (including phenoxy) is 2. The van der Waals surface area contributed by atoms with Crippen LogP contribution < -0.4 is 0 Å². The van der Waals surface area contributed by atoms with Gasteiger partial charge in [-0.2, -0.15) is 0 Å². The van der Waals surface area contributed by atoms with Crippen LogP contribution in [-0.4, -0.2) is 43.5 Å². The molecule has 1 aliphatic heterocycles. The molecule has 72 valence electrons. The monoisotopic (exact) mass is 173 g/mol. The molecule has 1 aliphatic rings. The Morgan fingerprint density at radius 3 is 2.50 bits per heavy atom. The molecule has 0 bridgehead atoms. The molecule has 3 nitrogen and oxygen atoms in total. The Labute approximate surface area is 74.6 Å². The Hall–Kier alpha value is -0.120.